The van der Waals surface area contributed by atoms with Gasteiger partial charge in [0.1, 0.15) is 0 Å². The Balaban J connectivity index is 1.28. The highest BCUT2D eigenvalue weighted by Gasteiger charge is 2.23. The zero-order valence-corrected chi connectivity index (χ0v) is 29.3. The van der Waals surface area contributed by atoms with Crippen LogP contribution in [0, 0.1) is 0 Å². The van der Waals surface area contributed by atoms with Crippen molar-refractivity contribution in [2.45, 2.75) is 0 Å². The lowest BCUT2D eigenvalue weighted by Crippen LogP contribution is -2.00. The Hall–Kier alpha value is -7.30. The van der Waals surface area contributed by atoms with Gasteiger partial charge in [0.25, 0.3) is 0 Å². The highest BCUT2D eigenvalue weighted by atomic mass is 15.0. The molecule has 0 radical (unpaired) electrons. The first-order valence-corrected chi connectivity index (χ1v) is 18.3. The molecule has 0 unspecified atom stereocenters. The molecule has 0 N–H and O–H groups in total. The van der Waals surface area contributed by atoms with Crippen molar-refractivity contribution >= 4 is 54.4 Å². The lowest BCUT2D eigenvalue weighted by Gasteiger charge is -2.16. The molecular formula is C50H32N4. The van der Waals surface area contributed by atoms with Crippen LogP contribution in [0.25, 0.3) is 99.7 Å². The Bertz CT molecular complexity index is 3140. The first-order valence-electron chi connectivity index (χ1n) is 18.3. The molecule has 8 aromatic carbocycles. The Kier molecular flexibility index (Phi) is 6.82. The van der Waals surface area contributed by atoms with Gasteiger partial charge in [-0.2, -0.15) is 0 Å². The summed E-state index contributed by atoms with van der Waals surface area (Å²) in [6.07, 6.45) is 0. The van der Waals surface area contributed by atoms with Crippen LogP contribution in [0.15, 0.2) is 194 Å². The fourth-order valence-electron chi connectivity index (χ4n) is 8.32. The second kappa shape index (κ2) is 12.1. The predicted molar refractivity (Wildman–Crippen MR) is 225 cm³/mol. The van der Waals surface area contributed by atoms with Gasteiger partial charge < -0.3 is 9.13 Å². The standard InChI is InChI=1S/C50H32N4/c1-4-16-33(17-5-1)43-32-44(52-50(51-43)34-18-6-2-7-19-34)48-38-23-11-10-20-35(38)30-42-40-25-13-15-27-46(40)54(49(42)48)37-28-29-41-39-24-12-14-26-45(39)53(47(41)31-37)36-21-8-3-9-22-36/h1-32H. The van der Waals surface area contributed by atoms with Gasteiger partial charge >= 0.3 is 0 Å². The zero-order valence-electron chi connectivity index (χ0n) is 29.3. The first-order chi connectivity index (χ1) is 26.8. The average molecular weight is 689 g/mol. The molecule has 0 spiro atoms. The molecule has 0 saturated heterocycles. The number of benzene rings is 8. The monoisotopic (exact) mass is 688 g/mol. The van der Waals surface area contributed by atoms with E-state index in [9.17, 15) is 0 Å². The van der Waals surface area contributed by atoms with Crippen LogP contribution in [0.4, 0.5) is 0 Å². The number of nitrogens with zero attached hydrogens (tertiary/aromatic N) is 4. The minimum atomic E-state index is 0.699. The number of para-hydroxylation sites is 3. The summed E-state index contributed by atoms with van der Waals surface area (Å²) in [7, 11) is 0. The molecule has 0 aliphatic rings. The van der Waals surface area contributed by atoms with Crippen LogP contribution in [-0.2, 0) is 0 Å². The Morgan fingerprint density at radius 2 is 0.889 bits per heavy atom. The van der Waals surface area contributed by atoms with E-state index in [1.165, 1.54) is 32.4 Å². The van der Waals surface area contributed by atoms with Gasteiger partial charge in [-0.25, -0.2) is 9.97 Å². The zero-order chi connectivity index (χ0) is 35.6. The van der Waals surface area contributed by atoms with Crippen LogP contribution in [0.5, 0.6) is 0 Å². The first kappa shape index (κ1) is 30.3. The number of aromatic nitrogens is 4. The Morgan fingerprint density at radius 1 is 0.333 bits per heavy atom. The maximum Gasteiger partial charge on any atom is 0.160 e. The van der Waals surface area contributed by atoms with Crippen LogP contribution in [0.3, 0.4) is 0 Å². The second-order valence-electron chi connectivity index (χ2n) is 13.8. The van der Waals surface area contributed by atoms with Crippen molar-refractivity contribution in [2.75, 3.05) is 0 Å². The molecule has 0 atom stereocenters. The van der Waals surface area contributed by atoms with Crippen molar-refractivity contribution in [3.63, 3.8) is 0 Å². The van der Waals surface area contributed by atoms with E-state index in [0.717, 1.165) is 61.4 Å². The Morgan fingerprint density at radius 3 is 1.63 bits per heavy atom. The molecule has 4 nitrogen and oxygen atoms in total. The summed E-state index contributed by atoms with van der Waals surface area (Å²) in [5, 5.41) is 7.15. The lowest BCUT2D eigenvalue weighted by atomic mass is 9.96. The maximum atomic E-state index is 5.41. The topological polar surface area (TPSA) is 35.6 Å². The Labute approximate surface area is 311 Å². The summed E-state index contributed by atoms with van der Waals surface area (Å²) >= 11 is 0. The van der Waals surface area contributed by atoms with Crippen LogP contribution in [0.1, 0.15) is 0 Å². The van der Waals surface area contributed by atoms with Crippen LogP contribution >= 0.6 is 0 Å². The van der Waals surface area contributed by atoms with E-state index in [1.807, 2.05) is 24.3 Å². The van der Waals surface area contributed by atoms with Crippen molar-refractivity contribution < 1.29 is 0 Å². The summed E-state index contributed by atoms with van der Waals surface area (Å²) in [6.45, 7) is 0. The molecule has 3 aromatic heterocycles. The maximum absolute atomic E-state index is 5.41. The normalized spacial score (nSPS) is 11.7. The molecule has 11 aromatic rings. The molecule has 54 heavy (non-hydrogen) atoms. The predicted octanol–water partition coefficient (Wildman–Crippen LogP) is 12.8. The molecule has 0 saturated carbocycles. The molecule has 0 bridgehead atoms. The minimum absolute atomic E-state index is 0.699. The second-order valence-corrected chi connectivity index (χ2v) is 13.8. The molecule has 11 rings (SSSR count). The fraction of sp³-hybridized carbons (Fsp3) is 0. The number of fused-ring (bicyclic) bond motifs is 7. The molecule has 252 valence electrons. The van der Waals surface area contributed by atoms with E-state index in [1.54, 1.807) is 0 Å². The van der Waals surface area contributed by atoms with Gasteiger partial charge in [0.05, 0.1) is 33.5 Å². The summed E-state index contributed by atoms with van der Waals surface area (Å²) in [5.41, 5.74) is 11.7. The van der Waals surface area contributed by atoms with Crippen molar-refractivity contribution in [1.29, 1.82) is 0 Å². The lowest BCUT2D eigenvalue weighted by molar-refractivity contribution is 1.15. The molecule has 0 aliphatic carbocycles. The van der Waals surface area contributed by atoms with Crippen LogP contribution in [0.2, 0.25) is 0 Å². The van der Waals surface area contributed by atoms with Crippen LogP contribution < -0.4 is 0 Å². The number of rotatable bonds is 5. The van der Waals surface area contributed by atoms with E-state index < -0.39 is 0 Å². The molecule has 0 fully saturated rings. The minimum Gasteiger partial charge on any atom is -0.309 e. The van der Waals surface area contributed by atoms with Crippen molar-refractivity contribution in [3.05, 3.63) is 194 Å². The van der Waals surface area contributed by atoms with Gasteiger partial charge in [0, 0.05) is 49.6 Å². The van der Waals surface area contributed by atoms with Gasteiger partial charge in [-0.15, -0.1) is 0 Å². The van der Waals surface area contributed by atoms with Crippen molar-refractivity contribution in [2.24, 2.45) is 0 Å². The van der Waals surface area contributed by atoms with E-state index in [0.29, 0.717) is 5.82 Å². The van der Waals surface area contributed by atoms with E-state index >= 15 is 0 Å². The average Bonchev–Trinajstić information content (AvgIpc) is 3.76. The van der Waals surface area contributed by atoms with E-state index in [2.05, 4.69) is 179 Å². The largest absolute Gasteiger partial charge is 0.309 e. The third kappa shape index (κ3) is 4.70. The highest BCUT2D eigenvalue weighted by Crippen LogP contribution is 2.44. The fourth-order valence-corrected chi connectivity index (χ4v) is 8.32. The third-order valence-electron chi connectivity index (χ3n) is 10.7. The summed E-state index contributed by atoms with van der Waals surface area (Å²) < 4.78 is 4.84. The summed E-state index contributed by atoms with van der Waals surface area (Å²) in [5.74, 6) is 0.699. The summed E-state index contributed by atoms with van der Waals surface area (Å²) in [4.78, 5) is 10.6. The molecule has 3 heterocycles. The van der Waals surface area contributed by atoms with Gasteiger partial charge in [0.2, 0.25) is 0 Å². The summed E-state index contributed by atoms with van der Waals surface area (Å²) in [6, 6.07) is 69.0. The van der Waals surface area contributed by atoms with Gasteiger partial charge in [-0.3, -0.25) is 0 Å². The van der Waals surface area contributed by atoms with E-state index in [4.69, 9.17) is 9.97 Å². The molecule has 4 heteroatoms. The smallest absolute Gasteiger partial charge is 0.160 e. The van der Waals surface area contributed by atoms with Crippen molar-refractivity contribution in [1.82, 2.24) is 19.1 Å². The van der Waals surface area contributed by atoms with Gasteiger partial charge in [-0.05, 0) is 59.3 Å². The quantitative estimate of drug-likeness (QED) is 0.180. The molecular weight excluding hydrogens is 657 g/mol. The highest BCUT2D eigenvalue weighted by molar-refractivity contribution is 6.21. The van der Waals surface area contributed by atoms with Crippen molar-refractivity contribution in [3.8, 4) is 45.3 Å². The van der Waals surface area contributed by atoms with E-state index in [-0.39, 0.29) is 0 Å². The van der Waals surface area contributed by atoms with Gasteiger partial charge in [0.15, 0.2) is 5.82 Å². The van der Waals surface area contributed by atoms with Gasteiger partial charge in [-0.1, -0.05) is 146 Å². The molecule has 0 amide bonds. The third-order valence-corrected chi connectivity index (χ3v) is 10.7. The molecule has 0 aliphatic heterocycles. The van der Waals surface area contributed by atoms with Crippen LogP contribution in [-0.4, -0.2) is 19.1 Å². The SMILES string of the molecule is c1ccc(-c2cc(-c3c4ccccc4cc4c5ccccc5n(-c5ccc6c7ccccc7n(-c7ccccc7)c6c5)c34)nc(-c3ccccc3)n2)cc1. The number of hydrogen-bond donors (Lipinski definition) is 0. The number of hydrogen-bond acceptors (Lipinski definition) is 2.